The van der Waals surface area contributed by atoms with Crippen molar-refractivity contribution in [2.24, 2.45) is 0 Å². The molecule has 1 amide bonds. The van der Waals surface area contributed by atoms with Gasteiger partial charge in [0.2, 0.25) is 5.91 Å². The van der Waals surface area contributed by atoms with Crippen LogP contribution in [0.25, 0.3) is 6.08 Å². The van der Waals surface area contributed by atoms with Gasteiger partial charge in [-0.25, -0.2) is 8.42 Å². The van der Waals surface area contributed by atoms with E-state index in [4.69, 9.17) is 0 Å². The van der Waals surface area contributed by atoms with Crippen LogP contribution in [0.5, 0.6) is 0 Å². The highest BCUT2D eigenvalue weighted by Gasteiger charge is 2.34. The van der Waals surface area contributed by atoms with Crippen molar-refractivity contribution >= 4 is 21.8 Å². The maximum atomic E-state index is 12.9. The summed E-state index contributed by atoms with van der Waals surface area (Å²) < 4.78 is 23.9. The summed E-state index contributed by atoms with van der Waals surface area (Å²) in [6.45, 7) is 2.52. The molecule has 5 heteroatoms. The lowest BCUT2D eigenvalue weighted by atomic mass is 10.1. The third-order valence-corrected chi connectivity index (χ3v) is 6.68. The summed E-state index contributed by atoms with van der Waals surface area (Å²) in [4.78, 5) is 14.6. The standard InChI is InChI=1S/C22H25NO3S/c1-2-18-8-10-20(11-9-18)16-23(21-14-15-27(25,26)17-21)22(24)13-12-19-6-4-3-5-7-19/h3-13,21H,2,14-17H2,1H3. The SMILES string of the molecule is CCc1ccc(CN(C(=O)C=Cc2ccccc2)C2CCS(=O)(=O)C2)cc1. The van der Waals surface area contributed by atoms with Gasteiger partial charge in [0.15, 0.2) is 9.84 Å². The molecular formula is C22H25NO3S. The number of nitrogens with zero attached hydrogens (tertiary/aromatic N) is 1. The fourth-order valence-corrected chi connectivity index (χ4v) is 5.04. The van der Waals surface area contributed by atoms with Gasteiger partial charge in [0.25, 0.3) is 0 Å². The number of carbonyl (C=O) groups excluding carboxylic acids is 1. The summed E-state index contributed by atoms with van der Waals surface area (Å²) in [5.74, 6) is 0.0457. The van der Waals surface area contributed by atoms with Gasteiger partial charge in [0, 0.05) is 18.7 Å². The maximum Gasteiger partial charge on any atom is 0.247 e. The van der Waals surface area contributed by atoms with Crippen molar-refractivity contribution in [1.82, 2.24) is 4.90 Å². The third-order valence-electron chi connectivity index (χ3n) is 4.93. The molecule has 0 aromatic heterocycles. The molecule has 1 saturated heterocycles. The van der Waals surface area contributed by atoms with Crippen molar-refractivity contribution in [3.63, 3.8) is 0 Å². The summed E-state index contributed by atoms with van der Waals surface area (Å²) in [5, 5.41) is 0. The largest absolute Gasteiger partial charge is 0.331 e. The monoisotopic (exact) mass is 383 g/mol. The fourth-order valence-electron chi connectivity index (χ4n) is 3.31. The molecule has 1 atom stereocenters. The first-order valence-corrected chi connectivity index (χ1v) is 11.1. The van der Waals surface area contributed by atoms with Crippen molar-refractivity contribution < 1.29 is 13.2 Å². The summed E-state index contributed by atoms with van der Waals surface area (Å²) in [5.41, 5.74) is 3.19. The minimum atomic E-state index is -3.06. The first kappa shape index (κ1) is 19.4. The molecule has 1 aliphatic heterocycles. The van der Waals surface area contributed by atoms with E-state index in [1.54, 1.807) is 17.1 Å². The smallest absolute Gasteiger partial charge is 0.247 e. The maximum absolute atomic E-state index is 12.9. The Bertz CT molecular complexity index is 902. The van der Waals surface area contributed by atoms with Crippen LogP contribution in [-0.4, -0.2) is 36.8 Å². The minimum Gasteiger partial charge on any atom is -0.331 e. The molecule has 1 aliphatic rings. The summed E-state index contributed by atoms with van der Waals surface area (Å²) >= 11 is 0. The van der Waals surface area contributed by atoms with Gasteiger partial charge in [-0.3, -0.25) is 4.79 Å². The third kappa shape index (κ3) is 5.30. The Morgan fingerprint density at radius 3 is 2.33 bits per heavy atom. The fraction of sp³-hybridized carbons (Fsp3) is 0.318. The summed E-state index contributed by atoms with van der Waals surface area (Å²) in [7, 11) is -3.06. The summed E-state index contributed by atoms with van der Waals surface area (Å²) in [6.07, 6.45) is 4.78. The van der Waals surface area contributed by atoms with Crippen molar-refractivity contribution in [1.29, 1.82) is 0 Å². The van der Waals surface area contributed by atoms with Gasteiger partial charge in [-0.05, 0) is 35.6 Å². The molecule has 1 unspecified atom stereocenters. The number of rotatable bonds is 6. The lowest BCUT2D eigenvalue weighted by Crippen LogP contribution is -2.39. The lowest BCUT2D eigenvalue weighted by molar-refractivity contribution is -0.128. The van der Waals surface area contributed by atoms with Gasteiger partial charge >= 0.3 is 0 Å². The van der Waals surface area contributed by atoms with Crippen molar-refractivity contribution in [2.45, 2.75) is 32.4 Å². The van der Waals surface area contributed by atoms with Crippen LogP contribution in [-0.2, 0) is 27.6 Å². The van der Waals surface area contributed by atoms with Gasteiger partial charge in [0.05, 0.1) is 11.5 Å². The van der Waals surface area contributed by atoms with Crippen LogP contribution in [0.3, 0.4) is 0 Å². The molecule has 2 aromatic carbocycles. The molecule has 0 N–H and O–H groups in total. The van der Waals surface area contributed by atoms with Crippen LogP contribution in [0.15, 0.2) is 60.7 Å². The van der Waals surface area contributed by atoms with E-state index in [1.807, 2.05) is 42.5 Å². The first-order chi connectivity index (χ1) is 13.0. The topological polar surface area (TPSA) is 54.5 Å². The molecular weight excluding hydrogens is 358 g/mol. The number of benzene rings is 2. The number of sulfone groups is 1. The number of carbonyl (C=O) groups is 1. The highest BCUT2D eigenvalue weighted by atomic mass is 32.2. The molecule has 142 valence electrons. The van der Waals surface area contributed by atoms with Crippen LogP contribution < -0.4 is 0 Å². The lowest BCUT2D eigenvalue weighted by Gasteiger charge is -2.27. The predicted molar refractivity (Wildman–Crippen MR) is 109 cm³/mol. The molecule has 0 bridgehead atoms. The number of amides is 1. The average Bonchev–Trinajstić information content (AvgIpc) is 3.05. The summed E-state index contributed by atoms with van der Waals surface area (Å²) in [6, 6.07) is 17.5. The number of hydrogen-bond acceptors (Lipinski definition) is 3. The molecule has 27 heavy (non-hydrogen) atoms. The van der Waals surface area contributed by atoms with Gasteiger partial charge in [-0.15, -0.1) is 0 Å². The molecule has 1 fully saturated rings. The van der Waals surface area contributed by atoms with Gasteiger partial charge in [-0.1, -0.05) is 61.5 Å². The van der Waals surface area contributed by atoms with Gasteiger partial charge in [0.1, 0.15) is 0 Å². The molecule has 1 heterocycles. The average molecular weight is 384 g/mol. The quantitative estimate of drug-likeness (QED) is 0.718. The van der Waals surface area contributed by atoms with Gasteiger partial charge < -0.3 is 4.90 Å². The molecule has 4 nitrogen and oxygen atoms in total. The van der Waals surface area contributed by atoms with E-state index < -0.39 is 9.84 Å². The Labute approximate surface area is 161 Å². The van der Waals surface area contributed by atoms with E-state index in [0.29, 0.717) is 13.0 Å². The van der Waals surface area contributed by atoms with Crippen molar-refractivity contribution in [2.75, 3.05) is 11.5 Å². The Morgan fingerprint density at radius 2 is 1.74 bits per heavy atom. The van der Waals surface area contributed by atoms with Crippen LogP contribution in [0.4, 0.5) is 0 Å². The normalized spacial score (nSPS) is 18.6. The van der Waals surface area contributed by atoms with E-state index >= 15 is 0 Å². The first-order valence-electron chi connectivity index (χ1n) is 9.29. The highest BCUT2D eigenvalue weighted by molar-refractivity contribution is 7.91. The highest BCUT2D eigenvalue weighted by Crippen LogP contribution is 2.21. The second-order valence-corrected chi connectivity index (χ2v) is 9.17. The zero-order valence-electron chi connectivity index (χ0n) is 15.5. The Kier molecular flexibility index (Phi) is 6.11. The van der Waals surface area contributed by atoms with Crippen molar-refractivity contribution in [3.8, 4) is 0 Å². The molecule has 0 spiro atoms. The molecule has 0 aliphatic carbocycles. The number of aryl methyl sites for hydroxylation is 1. The van der Waals surface area contributed by atoms with E-state index in [9.17, 15) is 13.2 Å². The number of hydrogen-bond donors (Lipinski definition) is 0. The zero-order chi connectivity index (χ0) is 19.3. The van der Waals surface area contributed by atoms with Crippen LogP contribution >= 0.6 is 0 Å². The predicted octanol–water partition coefficient (Wildman–Crippen LogP) is 3.48. The van der Waals surface area contributed by atoms with Crippen LogP contribution in [0.2, 0.25) is 0 Å². The second-order valence-electron chi connectivity index (χ2n) is 6.94. The van der Waals surface area contributed by atoms with E-state index in [0.717, 1.165) is 17.5 Å². The Balaban J connectivity index is 1.80. The molecule has 0 saturated carbocycles. The van der Waals surface area contributed by atoms with Crippen LogP contribution in [0, 0.1) is 0 Å². The van der Waals surface area contributed by atoms with E-state index in [-0.39, 0.29) is 23.5 Å². The minimum absolute atomic E-state index is 0.0466. The molecule has 0 radical (unpaired) electrons. The molecule has 2 aromatic rings. The van der Waals surface area contributed by atoms with Gasteiger partial charge in [-0.2, -0.15) is 0 Å². The van der Waals surface area contributed by atoms with E-state index in [2.05, 4.69) is 19.1 Å². The second kappa shape index (κ2) is 8.53. The zero-order valence-corrected chi connectivity index (χ0v) is 16.4. The Hall–Kier alpha value is -2.40. The Morgan fingerprint density at radius 1 is 1.07 bits per heavy atom. The molecule has 3 rings (SSSR count). The van der Waals surface area contributed by atoms with Crippen LogP contribution in [0.1, 0.15) is 30.0 Å². The van der Waals surface area contributed by atoms with Crippen molar-refractivity contribution in [3.05, 3.63) is 77.4 Å². The van der Waals surface area contributed by atoms with E-state index in [1.165, 1.54) is 5.56 Å².